The van der Waals surface area contributed by atoms with E-state index >= 15 is 0 Å². The Kier molecular flexibility index (Phi) is 4.34. The van der Waals surface area contributed by atoms with Crippen molar-refractivity contribution in [1.29, 1.82) is 5.26 Å². The minimum Gasteiger partial charge on any atom is -0.201 e. The summed E-state index contributed by atoms with van der Waals surface area (Å²) < 4.78 is 64.2. The molecule has 0 aromatic heterocycles. The van der Waals surface area contributed by atoms with Gasteiger partial charge in [0.05, 0.1) is 22.2 Å². The number of hydrogen-bond donors (Lipinski definition) is 0. The van der Waals surface area contributed by atoms with Crippen molar-refractivity contribution in [2.75, 3.05) is 4.31 Å². The van der Waals surface area contributed by atoms with Gasteiger partial charge < -0.3 is 0 Å². The first-order chi connectivity index (χ1) is 10.7. The normalized spacial score (nSPS) is 11.8. The highest BCUT2D eigenvalue weighted by Crippen LogP contribution is 2.34. The van der Waals surface area contributed by atoms with Gasteiger partial charge in [0.25, 0.3) is 10.0 Å². The summed E-state index contributed by atoms with van der Waals surface area (Å²) in [7, 11) is -4.82. The van der Waals surface area contributed by atoms with Crippen LogP contribution in [0.25, 0.3) is 0 Å². The molecule has 0 aliphatic carbocycles. The SMILES string of the molecule is Cc1ccc(S(=O)(=O)N(c2ccc(C#N)cc2)C(F)(F)F)cc1. The van der Waals surface area contributed by atoms with Gasteiger partial charge in [-0.3, -0.25) is 0 Å². The first kappa shape index (κ1) is 16.8. The van der Waals surface area contributed by atoms with Gasteiger partial charge in [-0.05, 0) is 43.3 Å². The molecule has 2 rings (SSSR count). The maximum atomic E-state index is 13.3. The van der Waals surface area contributed by atoms with Gasteiger partial charge in [0.2, 0.25) is 0 Å². The predicted molar refractivity (Wildman–Crippen MR) is 78.1 cm³/mol. The van der Waals surface area contributed by atoms with Crippen molar-refractivity contribution in [1.82, 2.24) is 0 Å². The van der Waals surface area contributed by atoms with Crippen LogP contribution in [-0.4, -0.2) is 14.7 Å². The summed E-state index contributed by atoms with van der Waals surface area (Å²) in [6, 6.07) is 11.0. The fourth-order valence-corrected chi connectivity index (χ4v) is 3.27. The zero-order valence-corrected chi connectivity index (χ0v) is 12.7. The van der Waals surface area contributed by atoms with E-state index < -0.39 is 31.2 Å². The Balaban J connectivity index is 2.58. The molecule has 8 heteroatoms. The zero-order valence-electron chi connectivity index (χ0n) is 11.9. The van der Waals surface area contributed by atoms with Crippen molar-refractivity contribution in [3.8, 4) is 6.07 Å². The van der Waals surface area contributed by atoms with Crippen LogP contribution in [0.3, 0.4) is 0 Å². The highest BCUT2D eigenvalue weighted by molar-refractivity contribution is 7.92. The van der Waals surface area contributed by atoms with Crippen LogP contribution < -0.4 is 4.31 Å². The third-order valence-electron chi connectivity index (χ3n) is 3.02. The lowest BCUT2D eigenvalue weighted by atomic mass is 10.2. The molecule has 0 saturated heterocycles. The summed E-state index contributed by atoms with van der Waals surface area (Å²) in [5, 5.41) is 8.69. The second-order valence-electron chi connectivity index (χ2n) is 4.71. The molecule has 0 fully saturated rings. The Bertz CT molecular complexity index is 836. The maximum absolute atomic E-state index is 13.3. The van der Waals surface area contributed by atoms with Crippen LogP contribution in [0.1, 0.15) is 11.1 Å². The van der Waals surface area contributed by atoms with Crippen LogP contribution in [0.5, 0.6) is 0 Å². The van der Waals surface area contributed by atoms with E-state index in [1.807, 2.05) is 0 Å². The fourth-order valence-electron chi connectivity index (χ4n) is 1.91. The lowest BCUT2D eigenvalue weighted by molar-refractivity contribution is -0.115. The molecular formula is C15H11F3N2O2S. The number of sulfonamides is 1. The second kappa shape index (κ2) is 5.93. The second-order valence-corrected chi connectivity index (χ2v) is 6.50. The monoisotopic (exact) mass is 340 g/mol. The van der Waals surface area contributed by atoms with E-state index in [9.17, 15) is 21.6 Å². The molecule has 0 saturated carbocycles. The number of benzene rings is 2. The predicted octanol–water partition coefficient (Wildman–Crippen LogP) is 3.58. The van der Waals surface area contributed by atoms with Gasteiger partial charge in [-0.15, -0.1) is 13.2 Å². The summed E-state index contributed by atoms with van der Waals surface area (Å²) in [5.74, 6) is 0. The molecule has 120 valence electrons. The quantitative estimate of drug-likeness (QED) is 0.803. The van der Waals surface area contributed by atoms with Crippen LogP contribution in [0.4, 0.5) is 18.9 Å². The third-order valence-corrected chi connectivity index (χ3v) is 4.79. The number of rotatable bonds is 3. The number of nitrogens with zero attached hydrogens (tertiary/aromatic N) is 2. The number of anilines is 1. The molecule has 0 aliphatic heterocycles. The molecule has 0 N–H and O–H groups in total. The Labute approximate surface area is 131 Å². The molecule has 4 nitrogen and oxygen atoms in total. The zero-order chi connectivity index (χ0) is 17.3. The molecular weight excluding hydrogens is 329 g/mol. The average molecular weight is 340 g/mol. The van der Waals surface area contributed by atoms with Crippen LogP contribution in [0, 0.1) is 18.3 Å². The lowest BCUT2D eigenvalue weighted by Crippen LogP contribution is -2.43. The van der Waals surface area contributed by atoms with E-state index in [0.29, 0.717) is 0 Å². The largest absolute Gasteiger partial charge is 0.498 e. The minimum absolute atomic E-state index is 0.128. The molecule has 0 radical (unpaired) electrons. The molecule has 2 aromatic rings. The Morgan fingerprint density at radius 2 is 1.52 bits per heavy atom. The summed E-state index contributed by atoms with van der Waals surface area (Å²) >= 11 is 0. The molecule has 0 aliphatic rings. The molecule has 2 aromatic carbocycles. The van der Waals surface area contributed by atoms with E-state index in [0.717, 1.165) is 42.0 Å². The number of nitriles is 1. The van der Waals surface area contributed by atoms with Crippen LogP contribution in [0.2, 0.25) is 0 Å². The van der Waals surface area contributed by atoms with Gasteiger partial charge in [0, 0.05) is 0 Å². The highest BCUT2D eigenvalue weighted by Gasteiger charge is 2.46. The molecule has 0 amide bonds. The van der Waals surface area contributed by atoms with Crippen molar-refractivity contribution in [2.45, 2.75) is 18.1 Å². The van der Waals surface area contributed by atoms with Gasteiger partial charge in [-0.2, -0.15) is 9.57 Å². The topological polar surface area (TPSA) is 61.2 Å². The summed E-state index contributed by atoms with van der Waals surface area (Å²) in [6.45, 7) is 1.69. The first-order valence-corrected chi connectivity index (χ1v) is 7.79. The average Bonchev–Trinajstić information content (AvgIpc) is 2.47. The van der Waals surface area contributed by atoms with E-state index in [1.165, 1.54) is 12.1 Å². The Hall–Kier alpha value is -2.53. The van der Waals surface area contributed by atoms with Gasteiger partial charge >= 0.3 is 6.30 Å². The number of alkyl halides is 3. The van der Waals surface area contributed by atoms with E-state index in [2.05, 4.69) is 0 Å². The van der Waals surface area contributed by atoms with E-state index in [-0.39, 0.29) is 5.56 Å². The van der Waals surface area contributed by atoms with E-state index in [4.69, 9.17) is 5.26 Å². The third kappa shape index (κ3) is 3.46. The van der Waals surface area contributed by atoms with E-state index in [1.54, 1.807) is 13.0 Å². The van der Waals surface area contributed by atoms with Crippen molar-refractivity contribution in [2.24, 2.45) is 0 Å². The van der Waals surface area contributed by atoms with Gasteiger partial charge in [0.15, 0.2) is 0 Å². The molecule has 0 heterocycles. The molecule has 0 spiro atoms. The lowest BCUT2D eigenvalue weighted by Gasteiger charge is -2.26. The Morgan fingerprint density at radius 3 is 1.96 bits per heavy atom. The van der Waals surface area contributed by atoms with Gasteiger partial charge in [-0.25, -0.2) is 8.42 Å². The van der Waals surface area contributed by atoms with Crippen molar-refractivity contribution in [3.05, 3.63) is 59.7 Å². The van der Waals surface area contributed by atoms with Crippen LogP contribution in [0.15, 0.2) is 53.4 Å². The Morgan fingerprint density at radius 1 is 1.00 bits per heavy atom. The van der Waals surface area contributed by atoms with Crippen molar-refractivity contribution in [3.63, 3.8) is 0 Å². The summed E-state index contributed by atoms with van der Waals surface area (Å²) in [4.78, 5) is -0.468. The standard InChI is InChI=1S/C15H11F3N2O2S/c1-11-2-8-14(9-3-11)23(21,22)20(15(16,17)18)13-6-4-12(10-19)5-7-13/h2-9H,1H3. The smallest absolute Gasteiger partial charge is 0.201 e. The van der Waals surface area contributed by atoms with Crippen LogP contribution in [-0.2, 0) is 10.0 Å². The fraction of sp³-hybridized carbons (Fsp3) is 0.133. The maximum Gasteiger partial charge on any atom is 0.498 e. The van der Waals surface area contributed by atoms with Gasteiger partial charge in [-0.1, -0.05) is 17.7 Å². The van der Waals surface area contributed by atoms with Crippen molar-refractivity contribution < 1.29 is 21.6 Å². The van der Waals surface area contributed by atoms with Crippen molar-refractivity contribution >= 4 is 15.7 Å². The first-order valence-electron chi connectivity index (χ1n) is 6.35. The molecule has 0 bridgehead atoms. The highest BCUT2D eigenvalue weighted by atomic mass is 32.2. The molecule has 23 heavy (non-hydrogen) atoms. The summed E-state index contributed by atoms with van der Waals surface area (Å²) in [6.07, 6.45) is -5.14. The molecule has 0 atom stereocenters. The molecule has 0 unspecified atom stereocenters. The van der Waals surface area contributed by atoms with Crippen LogP contribution >= 0.6 is 0 Å². The number of aryl methyl sites for hydroxylation is 1. The number of halogens is 3. The summed E-state index contributed by atoms with van der Waals surface area (Å²) in [5.41, 5.74) is 0.265. The minimum atomic E-state index is -5.14. The van der Waals surface area contributed by atoms with Gasteiger partial charge in [0.1, 0.15) is 0 Å². The number of hydrogen-bond acceptors (Lipinski definition) is 3.